The lowest BCUT2D eigenvalue weighted by Gasteiger charge is -2.11. The van der Waals surface area contributed by atoms with Crippen molar-refractivity contribution in [2.75, 3.05) is 30.4 Å². The Kier molecular flexibility index (Phi) is 2.94. The van der Waals surface area contributed by atoms with Crippen LogP contribution in [0, 0.1) is 0 Å². The molecule has 1 N–H and O–H groups in total. The maximum absolute atomic E-state index is 4.63. The summed E-state index contributed by atoms with van der Waals surface area (Å²) in [7, 11) is 1.85. The third-order valence-corrected chi connectivity index (χ3v) is 4.59. The van der Waals surface area contributed by atoms with Crippen molar-refractivity contribution >= 4 is 32.9 Å². The molecule has 0 radical (unpaired) electrons. The Labute approximate surface area is 108 Å². The Morgan fingerprint density at radius 1 is 1.29 bits per heavy atom. The van der Waals surface area contributed by atoms with Crippen LogP contribution in [-0.4, -0.2) is 35.3 Å². The van der Waals surface area contributed by atoms with Crippen molar-refractivity contribution in [3.63, 3.8) is 0 Å². The van der Waals surface area contributed by atoms with E-state index in [2.05, 4.69) is 30.8 Å². The number of rotatable bonds is 3. The lowest BCUT2D eigenvalue weighted by Crippen LogP contribution is -2.17. The molecule has 2 aromatic rings. The molecule has 0 atom stereocenters. The number of thiazole rings is 1. The topological polar surface area (TPSA) is 53.9 Å². The fourth-order valence-corrected chi connectivity index (χ4v) is 3.44. The number of anilines is 2. The third-order valence-electron chi connectivity index (χ3n) is 2.73. The van der Waals surface area contributed by atoms with E-state index in [0.29, 0.717) is 0 Å². The molecule has 1 aliphatic heterocycles. The molecule has 3 rings (SSSR count). The van der Waals surface area contributed by atoms with Crippen molar-refractivity contribution < 1.29 is 0 Å². The highest BCUT2D eigenvalue weighted by molar-refractivity contribution is 7.19. The van der Waals surface area contributed by atoms with Gasteiger partial charge in [0, 0.05) is 25.5 Å². The first-order valence-electron chi connectivity index (χ1n) is 5.59. The number of hydrogen-bond donors (Lipinski definition) is 1. The quantitative estimate of drug-likeness (QED) is 0.925. The highest BCUT2D eigenvalue weighted by Gasteiger charge is 2.17. The van der Waals surface area contributed by atoms with Crippen LogP contribution in [0.3, 0.4) is 0 Å². The average Bonchev–Trinajstić information content (AvgIpc) is 3.09. The second kappa shape index (κ2) is 4.58. The van der Waals surface area contributed by atoms with Gasteiger partial charge in [-0.15, -0.1) is 21.5 Å². The molecule has 90 valence electrons. The van der Waals surface area contributed by atoms with Crippen molar-refractivity contribution in [3.05, 3.63) is 5.38 Å². The molecular formula is C10H13N5S2. The van der Waals surface area contributed by atoms with E-state index >= 15 is 0 Å². The first kappa shape index (κ1) is 10.9. The molecule has 1 fully saturated rings. The van der Waals surface area contributed by atoms with E-state index in [9.17, 15) is 0 Å². The van der Waals surface area contributed by atoms with E-state index in [1.165, 1.54) is 24.2 Å². The Hall–Kier alpha value is -1.21. The first-order chi connectivity index (χ1) is 8.36. The number of hydrogen-bond acceptors (Lipinski definition) is 7. The molecule has 1 saturated heterocycles. The summed E-state index contributed by atoms with van der Waals surface area (Å²) in [6.07, 6.45) is 2.55. The Morgan fingerprint density at radius 3 is 2.82 bits per heavy atom. The van der Waals surface area contributed by atoms with Gasteiger partial charge in [-0.2, -0.15) is 0 Å². The SMILES string of the molecule is CNc1nnc(-c2csc(N3CCCC3)n2)s1. The van der Waals surface area contributed by atoms with E-state index in [-0.39, 0.29) is 0 Å². The normalized spacial score (nSPS) is 15.5. The molecule has 3 heterocycles. The van der Waals surface area contributed by atoms with Crippen molar-refractivity contribution in [2.45, 2.75) is 12.8 Å². The molecule has 0 unspecified atom stereocenters. The molecular weight excluding hydrogens is 254 g/mol. The minimum atomic E-state index is 0.829. The van der Waals surface area contributed by atoms with Gasteiger partial charge in [0.15, 0.2) is 10.1 Å². The molecule has 0 aromatic carbocycles. The predicted molar refractivity (Wildman–Crippen MR) is 72.0 cm³/mol. The van der Waals surface area contributed by atoms with Crippen molar-refractivity contribution in [1.82, 2.24) is 15.2 Å². The van der Waals surface area contributed by atoms with Gasteiger partial charge in [-0.05, 0) is 12.8 Å². The van der Waals surface area contributed by atoms with Gasteiger partial charge < -0.3 is 10.2 Å². The van der Waals surface area contributed by atoms with Crippen molar-refractivity contribution in [2.24, 2.45) is 0 Å². The zero-order valence-corrected chi connectivity index (χ0v) is 11.1. The molecule has 17 heavy (non-hydrogen) atoms. The zero-order chi connectivity index (χ0) is 11.7. The number of nitrogens with one attached hydrogen (secondary N) is 1. The molecule has 5 nitrogen and oxygen atoms in total. The summed E-state index contributed by atoms with van der Waals surface area (Å²) in [5, 5.41) is 16.0. The highest BCUT2D eigenvalue weighted by atomic mass is 32.1. The summed E-state index contributed by atoms with van der Waals surface area (Å²) >= 11 is 3.23. The fraction of sp³-hybridized carbons (Fsp3) is 0.500. The standard InChI is InChI=1S/C10H13N5S2/c1-11-9-14-13-8(17-9)7-6-16-10(12-7)15-4-2-3-5-15/h6H,2-5H2,1H3,(H,11,14). The van der Waals surface area contributed by atoms with E-state index in [0.717, 1.165) is 34.1 Å². The van der Waals surface area contributed by atoms with Gasteiger partial charge in [0.2, 0.25) is 5.13 Å². The zero-order valence-electron chi connectivity index (χ0n) is 9.51. The molecule has 0 bridgehead atoms. The Balaban J connectivity index is 1.83. The van der Waals surface area contributed by atoms with Crippen LogP contribution >= 0.6 is 22.7 Å². The van der Waals surface area contributed by atoms with Crippen molar-refractivity contribution in [3.8, 4) is 10.7 Å². The van der Waals surface area contributed by atoms with Gasteiger partial charge in [0.25, 0.3) is 0 Å². The summed E-state index contributed by atoms with van der Waals surface area (Å²) in [6.45, 7) is 2.26. The van der Waals surface area contributed by atoms with Gasteiger partial charge in [-0.1, -0.05) is 11.3 Å². The lowest BCUT2D eigenvalue weighted by molar-refractivity contribution is 0.949. The summed E-state index contributed by atoms with van der Waals surface area (Å²) in [5.41, 5.74) is 0.941. The number of aromatic nitrogens is 3. The van der Waals surface area contributed by atoms with E-state index in [1.807, 2.05) is 7.05 Å². The van der Waals surface area contributed by atoms with E-state index < -0.39 is 0 Å². The summed E-state index contributed by atoms with van der Waals surface area (Å²) in [6, 6.07) is 0. The van der Waals surface area contributed by atoms with Gasteiger partial charge in [-0.3, -0.25) is 0 Å². The van der Waals surface area contributed by atoms with Gasteiger partial charge in [0.05, 0.1) is 0 Å². The average molecular weight is 267 g/mol. The monoisotopic (exact) mass is 267 g/mol. The molecule has 0 saturated carbocycles. The smallest absolute Gasteiger partial charge is 0.205 e. The van der Waals surface area contributed by atoms with Crippen molar-refractivity contribution in [1.29, 1.82) is 0 Å². The summed E-state index contributed by atoms with van der Waals surface area (Å²) < 4.78 is 0. The van der Waals surface area contributed by atoms with Gasteiger partial charge in [0.1, 0.15) is 5.69 Å². The predicted octanol–water partition coefficient (Wildman–Crippen LogP) is 2.30. The van der Waals surface area contributed by atoms with Crippen LogP contribution in [0.5, 0.6) is 0 Å². The van der Waals surface area contributed by atoms with Crippen LogP contribution in [0.15, 0.2) is 5.38 Å². The highest BCUT2D eigenvalue weighted by Crippen LogP contribution is 2.31. The molecule has 0 spiro atoms. The second-order valence-electron chi connectivity index (χ2n) is 3.87. The lowest BCUT2D eigenvalue weighted by atomic mass is 10.4. The van der Waals surface area contributed by atoms with E-state index in [4.69, 9.17) is 0 Å². The molecule has 1 aliphatic rings. The first-order valence-corrected chi connectivity index (χ1v) is 7.28. The van der Waals surface area contributed by atoms with Crippen LogP contribution < -0.4 is 10.2 Å². The van der Waals surface area contributed by atoms with Gasteiger partial charge in [-0.25, -0.2) is 4.98 Å². The molecule has 7 heteroatoms. The maximum atomic E-state index is 4.63. The molecule has 2 aromatic heterocycles. The Morgan fingerprint density at radius 2 is 2.12 bits per heavy atom. The Bertz CT molecular complexity index is 500. The van der Waals surface area contributed by atoms with Crippen LogP contribution in [0.1, 0.15) is 12.8 Å². The number of nitrogens with zero attached hydrogens (tertiary/aromatic N) is 4. The van der Waals surface area contributed by atoms with Crippen LogP contribution in [-0.2, 0) is 0 Å². The summed E-state index contributed by atoms with van der Waals surface area (Å²) in [4.78, 5) is 6.98. The minimum Gasteiger partial charge on any atom is -0.363 e. The van der Waals surface area contributed by atoms with Crippen LogP contribution in [0.25, 0.3) is 10.7 Å². The van der Waals surface area contributed by atoms with Crippen LogP contribution in [0.4, 0.5) is 10.3 Å². The maximum Gasteiger partial charge on any atom is 0.205 e. The fourth-order valence-electron chi connectivity index (χ4n) is 1.84. The minimum absolute atomic E-state index is 0.829. The van der Waals surface area contributed by atoms with Crippen LogP contribution in [0.2, 0.25) is 0 Å². The molecule has 0 aliphatic carbocycles. The second-order valence-corrected chi connectivity index (χ2v) is 5.69. The molecule has 0 amide bonds. The largest absolute Gasteiger partial charge is 0.363 e. The summed E-state index contributed by atoms with van der Waals surface area (Å²) in [5.74, 6) is 0. The van der Waals surface area contributed by atoms with E-state index in [1.54, 1.807) is 11.3 Å². The third kappa shape index (κ3) is 2.12. The van der Waals surface area contributed by atoms with Gasteiger partial charge >= 0.3 is 0 Å².